The highest BCUT2D eigenvalue weighted by molar-refractivity contribution is 5.76. The molecule has 0 aromatic heterocycles. The number of hydrogen-bond acceptors (Lipinski definition) is 3. The third kappa shape index (κ3) is 3.30. The molecule has 0 bridgehead atoms. The summed E-state index contributed by atoms with van der Waals surface area (Å²) in [5.41, 5.74) is 0.711. The Labute approximate surface area is 86.4 Å². The molecule has 0 aliphatic rings. The predicted octanol–water partition coefficient (Wildman–Crippen LogP) is 0.0447. The zero-order chi connectivity index (χ0) is 11.3. The third-order valence-corrected chi connectivity index (χ3v) is 1.91. The van der Waals surface area contributed by atoms with Crippen molar-refractivity contribution >= 4 is 12.4 Å². The number of hydrogen-bond donors (Lipinski definition) is 3. The van der Waals surface area contributed by atoms with Crippen LogP contribution in [-0.2, 0) is 16.0 Å². The lowest BCUT2D eigenvalue weighted by atomic mass is 10.1. The molecule has 0 aliphatic carbocycles. The summed E-state index contributed by atoms with van der Waals surface area (Å²) in [5, 5.41) is 19.8. The van der Waals surface area contributed by atoms with E-state index in [1.807, 2.05) is 0 Å². The van der Waals surface area contributed by atoms with Crippen LogP contribution in [0.1, 0.15) is 5.56 Å². The number of phenolic OH excluding ortho intramolecular Hbond substituents is 1. The molecule has 5 nitrogen and oxygen atoms in total. The van der Waals surface area contributed by atoms with Crippen LogP contribution in [0.2, 0.25) is 0 Å². The van der Waals surface area contributed by atoms with E-state index in [1.54, 1.807) is 12.1 Å². The molecule has 1 rings (SSSR count). The fraction of sp³-hybridized carbons (Fsp3) is 0.200. The van der Waals surface area contributed by atoms with E-state index in [2.05, 4.69) is 5.32 Å². The molecular formula is C10H10NO4. The van der Waals surface area contributed by atoms with Crippen molar-refractivity contribution in [2.45, 2.75) is 12.5 Å². The molecular weight excluding hydrogens is 198 g/mol. The van der Waals surface area contributed by atoms with Gasteiger partial charge < -0.3 is 15.5 Å². The Hall–Kier alpha value is -2.04. The second kappa shape index (κ2) is 4.99. The molecule has 15 heavy (non-hydrogen) atoms. The maximum absolute atomic E-state index is 10.7. The van der Waals surface area contributed by atoms with Crippen molar-refractivity contribution in [3.8, 4) is 5.75 Å². The number of carboxylic acid groups (broad SMARTS) is 1. The maximum Gasteiger partial charge on any atom is 0.326 e. The van der Waals surface area contributed by atoms with E-state index in [-0.39, 0.29) is 12.2 Å². The van der Waals surface area contributed by atoms with Crippen molar-refractivity contribution < 1.29 is 19.8 Å². The fourth-order valence-electron chi connectivity index (χ4n) is 1.14. The molecule has 1 aromatic rings. The van der Waals surface area contributed by atoms with Gasteiger partial charge in [0.1, 0.15) is 11.8 Å². The van der Waals surface area contributed by atoms with Crippen LogP contribution in [0.4, 0.5) is 0 Å². The fourth-order valence-corrected chi connectivity index (χ4v) is 1.14. The standard InChI is InChI=1S/C10H10NO4/c12-6-11-9(10(14)15)5-7-1-3-8(13)4-2-7/h1-4,9,13H,5H2,(H,11,12)(H,14,15)/t9-/m0/s1. The Morgan fingerprint density at radius 3 is 2.47 bits per heavy atom. The summed E-state index contributed by atoms with van der Waals surface area (Å²) in [7, 11) is 0. The van der Waals surface area contributed by atoms with Gasteiger partial charge in [0, 0.05) is 6.42 Å². The van der Waals surface area contributed by atoms with Crippen LogP contribution in [0.15, 0.2) is 24.3 Å². The number of phenols is 1. The molecule has 5 heteroatoms. The number of rotatable bonds is 5. The summed E-state index contributed by atoms with van der Waals surface area (Å²) in [6.07, 6.45) is 1.51. The first kappa shape index (κ1) is 11.0. The van der Waals surface area contributed by atoms with E-state index >= 15 is 0 Å². The van der Waals surface area contributed by atoms with Crippen molar-refractivity contribution in [2.75, 3.05) is 0 Å². The first-order chi connectivity index (χ1) is 7.13. The minimum absolute atomic E-state index is 0.112. The monoisotopic (exact) mass is 208 g/mol. The minimum atomic E-state index is -1.12. The van der Waals surface area contributed by atoms with E-state index in [1.165, 1.54) is 18.5 Å². The summed E-state index contributed by atoms with van der Waals surface area (Å²) >= 11 is 0. The van der Waals surface area contributed by atoms with Crippen LogP contribution in [0.3, 0.4) is 0 Å². The van der Waals surface area contributed by atoms with Crippen LogP contribution in [-0.4, -0.2) is 28.6 Å². The Morgan fingerprint density at radius 1 is 1.40 bits per heavy atom. The van der Waals surface area contributed by atoms with E-state index < -0.39 is 12.0 Å². The lowest BCUT2D eigenvalue weighted by Crippen LogP contribution is -2.37. The second-order valence-corrected chi connectivity index (χ2v) is 3.01. The van der Waals surface area contributed by atoms with Gasteiger partial charge in [-0.2, -0.15) is 0 Å². The molecule has 1 atom stereocenters. The zero-order valence-electron chi connectivity index (χ0n) is 7.80. The molecule has 0 aliphatic heterocycles. The summed E-state index contributed by atoms with van der Waals surface area (Å²) in [6.45, 7) is 0. The number of amides is 1. The third-order valence-electron chi connectivity index (χ3n) is 1.91. The highest BCUT2D eigenvalue weighted by atomic mass is 16.4. The normalized spacial score (nSPS) is 11.7. The van der Waals surface area contributed by atoms with Crippen LogP contribution in [0.5, 0.6) is 5.75 Å². The van der Waals surface area contributed by atoms with Gasteiger partial charge >= 0.3 is 12.4 Å². The average Bonchev–Trinajstić information content (AvgIpc) is 2.20. The molecule has 1 amide bonds. The molecule has 0 fully saturated rings. The van der Waals surface area contributed by atoms with Gasteiger partial charge in [0.15, 0.2) is 0 Å². The number of nitrogens with one attached hydrogen (secondary N) is 1. The topological polar surface area (TPSA) is 86.6 Å². The van der Waals surface area contributed by atoms with E-state index in [0.29, 0.717) is 5.56 Å². The van der Waals surface area contributed by atoms with Crippen molar-refractivity contribution in [3.63, 3.8) is 0 Å². The maximum atomic E-state index is 10.7. The highest BCUT2D eigenvalue weighted by Gasteiger charge is 2.16. The number of carbonyl (C=O) groups is 1. The van der Waals surface area contributed by atoms with Gasteiger partial charge in [-0.1, -0.05) is 12.1 Å². The molecule has 3 N–H and O–H groups in total. The molecule has 0 spiro atoms. The Morgan fingerprint density at radius 2 is 2.00 bits per heavy atom. The number of aliphatic carboxylic acids is 1. The first-order valence-corrected chi connectivity index (χ1v) is 4.27. The molecule has 0 unspecified atom stereocenters. The average molecular weight is 208 g/mol. The van der Waals surface area contributed by atoms with Crippen molar-refractivity contribution in [2.24, 2.45) is 0 Å². The predicted molar refractivity (Wildman–Crippen MR) is 52.1 cm³/mol. The minimum Gasteiger partial charge on any atom is -0.508 e. The van der Waals surface area contributed by atoms with Crippen LogP contribution < -0.4 is 5.32 Å². The molecule has 0 saturated carbocycles. The van der Waals surface area contributed by atoms with Gasteiger partial charge in [-0.15, -0.1) is 0 Å². The number of carboxylic acids is 1. The van der Waals surface area contributed by atoms with Crippen LogP contribution in [0, 0.1) is 0 Å². The molecule has 0 saturated heterocycles. The Bertz CT molecular complexity index is 347. The van der Waals surface area contributed by atoms with Crippen LogP contribution >= 0.6 is 0 Å². The molecule has 0 heterocycles. The molecule has 79 valence electrons. The second-order valence-electron chi connectivity index (χ2n) is 3.01. The van der Waals surface area contributed by atoms with Gasteiger partial charge in [0.25, 0.3) is 0 Å². The number of carbonyl (C=O) groups excluding carboxylic acids is 1. The SMILES string of the molecule is O=[C]N[C@@H](Cc1ccc(O)cc1)C(=O)O. The summed E-state index contributed by atoms with van der Waals surface area (Å²) < 4.78 is 0. The van der Waals surface area contributed by atoms with Gasteiger partial charge in [0.05, 0.1) is 0 Å². The Kier molecular flexibility index (Phi) is 3.68. The van der Waals surface area contributed by atoms with Crippen LogP contribution in [0.25, 0.3) is 0 Å². The highest BCUT2D eigenvalue weighted by Crippen LogP contribution is 2.11. The van der Waals surface area contributed by atoms with E-state index in [4.69, 9.17) is 10.2 Å². The van der Waals surface area contributed by atoms with Crippen molar-refractivity contribution in [1.82, 2.24) is 5.32 Å². The first-order valence-electron chi connectivity index (χ1n) is 4.27. The quantitative estimate of drug-likeness (QED) is 0.596. The van der Waals surface area contributed by atoms with Gasteiger partial charge in [-0.3, -0.25) is 4.79 Å². The lowest BCUT2D eigenvalue weighted by molar-refractivity contribution is -0.139. The largest absolute Gasteiger partial charge is 0.508 e. The van der Waals surface area contributed by atoms with Gasteiger partial charge in [0.2, 0.25) is 0 Å². The lowest BCUT2D eigenvalue weighted by Gasteiger charge is -2.10. The van der Waals surface area contributed by atoms with Gasteiger partial charge in [-0.25, -0.2) is 4.79 Å². The number of aromatic hydroxyl groups is 1. The zero-order valence-corrected chi connectivity index (χ0v) is 7.80. The van der Waals surface area contributed by atoms with Crippen molar-refractivity contribution in [3.05, 3.63) is 29.8 Å². The summed E-state index contributed by atoms with van der Waals surface area (Å²) in [5.74, 6) is -1.01. The van der Waals surface area contributed by atoms with Gasteiger partial charge in [-0.05, 0) is 17.7 Å². The van der Waals surface area contributed by atoms with E-state index in [0.717, 1.165) is 0 Å². The van der Waals surface area contributed by atoms with E-state index in [9.17, 15) is 9.59 Å². The Balaban J connectivity index is 2.69. The smallest absolute Gasteiger partial charge is 0.326 e. The van der Waals surface area contributed by atoms with Crippen molar-refractivity contribution in [1.29, 1.82) is 0 Å². The summed E-state index contributed by atoms with van der Waals surface area (Å²) in [6, 6.07) is 5.11. The number of benzene rings is 1. The summed E-state index contributed by atoms with van der Waals surface area (Å²) in [4.78, 5) is 20.7. The molecule has 1 aromatic carbocycles. The molecule has 1 radical (unpaired) electrons.